The molecule has 0 bridgehead atoms. The first-order chi connectivity index (χ1) is 13.1. The zero-order valence-corrected chi connectivity index (χ0v) is 16.7. The lowest BCUT2D eigenvalue weighted by Gasteiger charge is -2.18. The molecule has 0 saturated heterocycles. The van der Waals surface area contributed by atoms with Crippen LogP contribution in [0, 0.1) is 11.7 Å². The van der Waals surface area contributed by atoms with Gasteiger partial charge in [0.25, 0.3) is 0 Å². The van der Waals surface area contributed by atoms with Gasteiger partial charge in [0.1, 0.15) is 22.8 Å². The SMILES string of the molecule is C[C@@H]1CCc2c(sc3ncnc(SC[C@H](O)COc4ccccc4F)c23)C1. The normalized spacial score (nSPS) is 17.7. The number of aromatic nitrogens is 2. The highest BCUT2D eigenvalue weighted by Gasteiger charge is 2.23. The van der Waals surface area contributed by atoms with Crippen molar-refractivity contribution in [2.24, 2.45) is 5.92 Å². The molecule has 142 valence electrons. The molecule has 0 fully saturated rings. The molecule has 0 amide bonds. The molecule has 1 aliphatic rings. The van der Waals surface area contributed by atoms with E-state index in [-0.39, 0.29) is 12.4 Å². The van der Waals surface area contributed by atoms with E-state index in [0.29, 0.717) is 11.7 Å². The second-order valence-corrected chi connectivity index (χ2v) is 9.01. The van der Waals surface area contributed by atoms with Crippen molar-refractivity contribution in [3.8, 4) is 5.75 Å². The number of nitrogens with zero attached hydrogens (tertiary/aromatic N) is 2. The third-order valence-electron chi connectivity index (χ3n) is 4.74. The largest absolute Gasteiger partial charge is 0.488 e. The number of ether oxygens (including phenoxy) is 1. The van der Waals surface area contributed by atoms with Crippen molar-refractivity contribution in [3.63, 3.8) is 0 Å². The van der Waals surface area contributed by atoms with Crippen LogP contribution in [-0.4, -0.2) is 33.5 Å². The quantitative estimate of drug-likeness (QED) is 0.485. The molecular weight excluding hydrogens is 383 g/mol. The summed E-state index contributed by atoms with van der Waals surface area (Å²) in [4.78, 5) is 11.4. The molecule has 1 aliphatic carbocycles. The van der Waals surface area contributed by atoms with E-state index in [4.69, 9.17) is 4.74 Å². The Balaban J connectivity index is 1.44. The van der Waals surface area contributed by atoms with E-state index >= 15 is 0 Å². The third kappa shape index (κ3) is 4.10. The van der Waals surface area contributed by atoms with Gasteiger partial charge in [-0.3, -0.25) is 0 Å². The van der Waals surface area contributed by atoms with E-state index < -0.39 is 11.9 Å². The van der Waals surface area contributed by atoms with Crippen LogP contribution in [0.2, 0.25) is 0 Å². The van der Waals surface area contributed by atoms with Crippen molar-refractivity contribution in [2.45, 2.75) is 37.3 Å². The molecule has 0 spiro atoms. The molecule has 1 aromatic carbocycles. The van der Waals surface area contributed by atoms with Crippen LogP contribution in [0.15, 0.2) is 35.6 Å². The predicted octanol–water partition coefficient (Wildman–Crippen LogP) is 4.49. The summed E-state index contributed by atoms with van der Waals surface area (Å²) in [5.74, 6) is 0.884. The zero-order valence-electron chi connectivity index (χ0n) is 15.0. The number of aliphatic hydroxyl groups excluding tert-OH is 1. The van der Waals surface area contributed by atoms with Crippen molar-refractivity contribution < 1.29 is 14.2 Å². The maximum atomic E-state index is 13.6. The van der Waals surface area contributed by atoms with Gasteiger partial charge in [-0.2, -0.15) is 0 Å². The number of aliphatic hydroxyl groups is 1. The lowest BCUT2D eigenvalue weighted by Crippen LogP contribution is -2.20. The summed E-state index contributed by atoms with van der Waals surface area (Å²) in [6.07, 6.45) is 4.25. The average molecular weight is 405 g/mol. The Kier molecular flexibility index (Phi) is 5.61. The molecule has 0 aliphatic heterocycles. The maximum absolute atomic E-state index is 13.6. The molecule has 0 unspecified atom stereocenters. The van der Waals surface area contributed by atoms with Crippen LogP contribution >= 0.6 is 23.1 Å². The highest BCUT2D eigenvalue weighted by Crippen LogP contribution is 2.40. The summed E-state index contributed by atoms with van der Waals surface area (Å²) >= 11 is 3.28. The van der Waals surface area contributed by atoms with Crippen LogP contribution in [-0.2, 0) is 12.8 Å². The molecule has 1 N–H and O–H groups in total. The van der Waals surface area contributed by atoms with Crippen LogP contribution in [0.3, 0.4) is 0 Å². The minimum absolute atomic E-state index is 0.0431. The fraction of sp³-hybridized carbons (Fsp3) is 0.400. The van der Waals surface area contributed by atoms with Gasteiger partial charge in [0.15, 0.2) is 11.6 Å². The van der Waals surface area contributed by atoms with Gasteiger partial charge < -0.3 is 9.84 Å². The molecule has 27 heavy (non-hydrogen) atoms. The van der Waals surface area contributed by atoms with Crippen LogP contribution in [0.4, 0.5) is 4.39 Å². The van der Waals surface area contributed by atoms with Crippen LogP contribution in [0.25, 0.3) is 10.2 Å². The van der Waals surface area contributed by atoms with Crippen molar-refractivity contribution in [3.05, 3.63) is 46.9 Å². The molecule has 2 heterocycles. The molecule has 7 heteroatoms. The number of halogens is 1. The molecular formula is C20H21FN2O2S2. The fourth-order valence-corrected chi connectivity index (χ4v) is 5.67. The Bertz CT molecular complexity index is 947. The first-order valence-electron chi connectivity index (χ1n) is 9.05. The number of hydrogen-bond donors (Lipinski definition) is 1. The van der Waals surface area contributed by atoms with Gasteiger partial charge >= 0.3 is 0 Å². The molecule has 2 atom stereocenters. The molecule has 0 radical (unpaired) electrons. The molecule has 3 aromatic rings. The summed E-state index contributed by atoms with van der Waals surface area (Å²) in [7, 11) is 0. The molecule has 2 aromatic heterocycles. The van der Waals surface area contributed by atoms with Gasteiger partial charge in [0, 0.05) is 16.0 Å². The fourth-order valence-electron chi connectivity index (χ4n) is 3.33. The molecule has 0 saturated carbocycles. The summed E-state index contributed by atoms with van der Waals surface area (Å²) in [5, 5.41) is 12.3. The molecule has 4 rings (SSSR count). The van der Waals surface area contributed by atoms with Gasteiger partial charge in [-0.15, -0.1) is 23.1 Å². The van der Waals surface area contributed by atoms with Crippen LogP contribution < -0.4 is 4.74 Å². The summed E-state index contributed by atoms with van der Waals surface area (Å²) in [6, 6.07) is 6.21. The Morgan fingerprint density at radius 3 is 3.07 bits per heavy atom. The van der Waals surface area contributed by atoms with Crippen molar-refractivity contribution in [2.75, 3.05) is 12.4 Å². The van der Waals surface area contributed by atoms with E-state index in [1.165, 1.54) is 34.7 Å². The van der Waals surface area contributed by atoms with Crippen LogP contribution in [0.5, 0.6) is 5.75 Å². The van der Waals surface area contributed by atoms with Gasteiger partial charge in [0.2, 0.25) is 0 Å². The predicted molar refractivity (Wildman–Crippen MR) is 107 cm³/mol. The topological polar surface area (TPSA) is 55.2 Å². The zero-order chi connectivity index (χ0) is 18.8. The number of thioether (sulfide) groups is 1. The van der Waals surface area contributed by atoms with E-state index in [9.17, 15) is 9.50 Å². The highest BCUT2D eigenvalue weighted by molar-refractivity contribution is 7.99. The van der Waals surface area contributed by atoms with Gasteiger partial charge in [-0.05, 0) is 42.9 Å². The standard InChI is InChI=1S/C20H21FN2O2S2/c1-12-6-7-14-17(8-12)27-20-18(14)19(22-11-23-20)26-10-13(24)9-25-16-5-3-2-4-15(16)21/h2-5,11-13,24H,6-10H2,1H3/t12-,13-/m1/s1. The lowest BCUT2D eigenvalue weighted by molar-refractivity contribution is 0.123. The number of hydrogen-bond acceptors (Lipinski definition) is 6. The van der Waals surface area contributed by atoms with E-state index in [1.807, 2.05) is 0 Å². The summed E-state index contributed by atoms with van der Waals surface area (Å²) in [6.45, 7) is 2.34. The number of thiophene rings is 1. The number of para-hydroxylation sites is 1. The number of benzene rings is 1. The number of fused-ring (bicyclic) bond motifs is 3. The Morgan fingerprint density at radius 1 is 1.37 bits per heavy atom. The first kappa shape index (κ1) is 18.7. The smallest absolute Gasteiger partial charge is 0.165 e. The van der Waals surface area contributed by atoms with Gasteiger partial charge in [-0.1, -0.05) is 19.1 Å². The minimum atomic E-state index is -0.714. The summed E-state index contributed by atoms with van der Waals surface area (Å²) < 4.78 is 19.0. The summed E-state index contributed by atoms with van der Waals surface area (Å²) in [5.41, 5.74) is 1.38. The van der Waals surface area contributed by atoms with Crippen molar-refractivity contribution >= 4 is 33.3 Å². The Labute approximate surface area is 165 Å². The van der Waals surface area contributed by atoms with E-state index in [2.05, 4.69) is 16.9 Å². The van der Waals surface area contributed by atoms with Crippen LogP contribution in [0.1, 0.15) is 23.8 Å². The Morgan fingerprint density at radius 2 is 2.22 bits per heavy atom. The molecule has 4 nitrogen and oxygen atoms in total. The Hall–Kier alpha value is -1.70. The maximum Gasteiger partial charge on any atom is 0.165 e. The van der Waals surface area contributed by atoms with Crippen molar-refractivity contribution in [1.29, 1.82) is 0 Å². The second-order valence-electron chi connectivity index (χ2n) is 6.92. The number of aryl methyl sites for hydroxylation is 1. The van der Waals surface area contributed by atoms with Gasteiger partial charge in [-0.25, -0.2) is 14.4 Å². The second kappa shape index (κ2) is 8.12. The van der Waals surface area contributed by atoms with Gasteiger partial charge in [0.05, 0.1) is 6.10 Å². The first-order valence-corrected chi connectivity index (χ1v) is 10.9. The third-order valence-corrected chi connectivity index (χ3v) is 7.03. The number of rotatable bonds is 6. The average Bonchev–Trinajstić information content (AvgIpc) is 3.03. The van der Waals surface area contributed by atoms with E-state index in [1.54, 1.807) is 35.9 Å². The monoisotopic (exact) mass is 404 g/mol. The van der Waals surface area contributed by atoms with E-state index in [0.717, 1.165) is 28.1 Å². The lowest BCUT2D eigenvalue weighted by atomic mass is 9.89. The minimum Gasteiger partial charge on any atom is -0.488 e. The van der Waals surface area contributed by atoms with Crippen molar-refractivity contribution in [1.82, 2.24) is 9.97 Å². The highest BCUT2D eigenvalue weighted by atomic mass is 32.2.